The normalized spacial score (nSPS) is 35.8. The molecule has 7 heteroatoms. The van der Waals surface area contributed by atoms with E-state index in [4.69, 9.17) is 9.47 Å². The number of benzene rings is 1. The molecule has 3 saturated carbocycles. The number of nitrogens with zero attached hydrogens (tertiary/aromatic N) is 2. The summed E-state index contributed by atoms with van der Waals surface area (Å²) in [6, 6.07) is 7.08. The summed E-state index contributed by atoms with van der Waals surface area (Å²) in [4.78, 5) is 0. The van der Waals surface area contributed by atoms with Crippen LogP contribution in [0.15, 0.2) is 60.7 Å². The summed E-state index contributed by atoms with van der Waals surface area (Å²) in [6.45, 7) is 22.2. The van der Waals surface area contributed by atoms with Gasteiger partial charge >= 0.3 is 0 Å². The fourth-order valence-corrected chi connectivity index (χ4v) is 12.3. The second-order valence-electron chi connectivity index (χ2n) is 17.3. The van der Waals surface area contributed by atoms with E-state index in [0.717, 1.165) is 66.0 Å². The molecule has 0 spiro atoms. The van der Waals surface area contributed by atoms with Crippen LogP contribution in [0.1, 0.15) is 90.0 Å². The first-order chi connectivity index (χ1) is 23.2. The number of methoxy groups -OCH3 is 1. The highest BCUT2D eigenvalue weighted by Crippen LogP contribution is 2.66. The molecule has 2 aliphatic heterocycles. The molecule has 50 heavy (non-hydrogen) atoms. The standard InChI is InChI=1S/C43H64N2O3.2BrH/c1-6-20-44(22-8-9-23-44)26-27-48-39-15-12-32(29-40(39)47-5)28-33-30-38-36-14-13-34-31-35(45(21-7-2)24-10-11-25-45)16-18-42(34,3)37(36)17-19-43(38,4)41(33)46;;/h6-7,12-13,15,28-29,35-38,41,46H,1-2,8-11,14,16-27,30-31H2,3-5H3;2*1H/q+2;;/p-2/b33-28+;;/t35-,36+,37-,38-,41-,42-,43-;;/m0../s1. The fraction of sp³-hybridized carbons (Fsp3) is 0.674. The Balaban J connectivity index is 0.00000243. The molecule has 0 bridgehead atoms. The maximum Gasteiger partial charge on any atom is 0.161 e. The first-order valence-electron chi connectivity index (χ1n) is 19.5. The van der Waals surface area contributed by atoms with Crippen molar-refractivity contribution in [2.75, 3.05) is 59.5 Å². The summed E-state index contributed by atoms with van der Waals surface area (Å²) in [7, 11) is 1.73. The largest absolute Gasteiger partial charge is 1.00 e. The monoisotopic (exact) mass is 814 g/mol. The van der Waals surface area contributed by atoms with Gasteiger partial charge in [-0.3, -0.25) is 0 Å². The van der Waals surface area contributed by atoms with Gasteiger partial charge in [0.25, 0.3) is 0 Å². The quantitative estimate of drug-likeness (QED) is 0.276. The van der Waals surface area contributed by atoms with E-state index in [9.17, 15) is 5.11 Å². The van der Waals surface area contributed by atoms with Crippen LogP contribution in [-0.2, 0) is 0 Å². The van der Waals surface area contributed by atoms with Gasteiger partial charge in [-0.25, -0.2) is 0 Å². The van der Waals surface area contributed by atoms with Gasteiger partial charge in [-0.2, -0.15) is 0 Å². The summed E-state index contributed by atoms with van der Waals surface area (Å²) in [5.74, 6) is 3.51. The van der Waals surface area contributed by atoms with Gasteiger partial charge < -0.3 is 57.5 Å². The summed E-state index contributed by atoms with van der Waals surface area (Å²) >= 11 is 0. The predicted molar refractivity (Wildman–Crippen MR) is 197 cm³/mol. The molecule has 0 unspecified atom stereocenters. The van der Waals surface area contributed by atoms with Crippen molar-refractivity contribution in [1.82, 2.24) is 0 Å². The molecule has 2 saturated heterocycles. The Morgan fingerprint density at radius 2 is 1.62 bits per heavy atom. The van der Waals surface area contributed by atoms with Crippen LogP contribution in [0.4, 0.5) is 0 Å². The SMILES string of the molecule is C=CC[N+]1(CCOc2ccc(/C=C3\C[C@H]4[C@@H]5CC=C6C[C@@H]([N+]7(CC=C)CCCC7)CC[C@]6(C)[C@H]5CC[C@]4(C)[C@H]3O)cc2OC)CCCC1.[Br-].[Br-]. The first-order valence-corrected chi connectivity index (χ1v) is 19.5. The van der Waals surface area contributed by atoms with E-state index >= 15 is 0 Å². The number of halogens is 2. The van der Waals surface area contributed by atoms with Crippen LogP contribution in [-0.4, -0.2) is 85.7 Å². The number of aliphatic hydroxyl groups is 1. The molecule has 1 aromatic carbocycles. The predicted octanol–water partition coefficient (Wildman–Crippen LogP) is 2.36. The van der Waals surface area contributed by atoms with Gasteiger partial charge in [0.05, 0.1) is 58.5 Å². The van der Waals surface area contributed by atoms with Crippen molar-refractivity contribution in [3.63, 3.8) is 0 Å². The Hall–Kier alpha value is -1.38. The number of allylic oxidation sites excluding steroid dienone is 1. The summed E-state index contributed by atoms with van der Waals surface area (Å²) in [6.07, 6.45) is 22.7. The number of aliphatic hydroxyl groups excluding tert-OH is 1. The summed E-state index contributed by atoms with van der Waals surface area (Å²) in [5.41, 5.74) is 4.35. The number of likely N-dealkylation sites (tertiary alicyclic amines) is 2. The van der Waals surface area contributed by atoms with E-state index in [1.54, 1.807) is 12.7 Å². The third kappa shape index (κ3) is 7.01. The van der Waals surface area contributed by atoms with Crippen molar-refractivity contribution in [3.8, 4) is 11.5 Å². The molecule has 0 amide bonds. The molecule has 1 N–H and O–H groups in total. The lowest BCUT2D eigenvalue weighted by Crippen LogP contribution is -3.00. The van der Waals surface area contributed by atoms with Gasteiger partial charge in [-0.1, -0.05) is 50.8 Å². The lowest BCUT2D eigenvalue weighted by Gasteiger charge is -2.58. The Labute approximate surface area is 324 Å². The van der Waals surface area contributed by atoms with Crippen molar-refractivity contribution in [2.45, 2.75) is 96.6 Å². The maximum atomic E-state index is 11.9. The van der Waals surface area contributed by atoms with Gasteiger partial charge in [-0.05, 0) is 90.7 Å². The zero-order chi connectivity index (χ0) is 33.6. The second-order valence-corrected chi connectivity index (χ2v) is 17.3. The van der Waals surface area contributed by atoms with Crippen LogP contribution in [0.25, 0.3) is 6.08 Å². The molecule has 0 aromatic heterocycles. The van der Waals surface area contributed by atoms with Crippen molar-refractivity contribution in [2.24, 2.45) is 28.6 Å². The van der Waals surface area contributed by atoms with Crippen molar-refractivity contribution < 1.29 is 57.5 Å². The first kappa shape index (κ1) is 39.8. The van der Waals surface area contributed by atoms with Gasteiger partial charge in [0.2, 0.25) is 0 Å². The van der Waals surface area contributed by atoms with Crippen LogP contribution in [0.3, 0.4) is 0 Å². The van der Waals surface area contributed by atoms with E-state index in [2.05, 4.69) is 69.5 Å². The van der Waals surface area contributed by atoms with E-state index in [1.807, 2.05) is 0 Å². The minimum absolute atomic E-state index is 0. The lowest BCUT2D eigenvalue weighted by atomic mass is 9.47. The molecule has 4 aliphatic carbocycles. The Kier molecular flexibility index (Phi) is 12.7. The third-order valence-electron chi connectivity index (χ3n) is 15.1. The zero-order valence-electron chi connectivity index (χ0n) is 31.2. The molecule has 7 rings (SSSR count). The summed E-state index contributed by atoms with van der Waals surface area (Å²) < 4.78 is 14.5. The van der Waals surface area contributed by atoms with E-state index in [1.165, 1.54) is 94.0 Å². The Morgan fingerprint density at radius 1 is 0.900 bits per heavy atom. The number of ether oxygens (including phenoxy) is 2. The fourth-order valence-electron chi connectivity index (χ4n) is 12.3. The van der Waals surface area contributed by atoms with E-state index in [-0.39, 0.29) is 45.5 Å². The molecule has 5 nitrogen and oxygen atoms in total. The average Bonchev–Trinajstić information content (AvgIpc) is 3.81. The molecule has 2 heterocycles. The maximum absolute atomic E-state index is 11.9. The highest BCUT2D eigenvalue weighted by atomic mass is 79.9. The van der Waals surface area contributed by atoms with Gasteiger partial charge in [0.1, 0.15) is 13.2 Å². The lowest BCUT2D eigenvalue weighted by molar-refractivity contribution is -0.936. The van der Waals surface area contributed by atoms with E-state index < -0.39 is 0 Å². The van der Waals surface area contributed by atoms with Gasteiger partial charge in [0, 0.05) is 43.9 Å². The zero-order valence-corrected chi connectivity index (χ0v) is 34.4. The van der Waals surface area contributed by atoms with Crippen LogP contribution < -0.4 is 43.4 Å². The topological polar surface area (TPSA) is 38.7 Å². The summed E-state index contributed by atoms with van der Waals surface area (Å²) in [5, 5.41) is 11.9. The van der Waals surface area contributed by atoms with E-state index in [0.29, 0.717) is 23.9 Å². The number of hydrogen-bond acceptors (Lipinski definition) is 3. The van der Waals surface area contributed by atoms with Crippen LogP contribution in [0.5, 0.6) is 11.5 Å². The van der Waals surface area contributed by atoms with Crippen LogP contribution in [0.2, 0.25) is 0 Å². The van der Waals surface area contributed by atoms with Crippen LogP contribution >= 0.6 is 0 Å². The molecule has 1 aromatic rings. The van der Waals surface area contributed by atoms with Gasteiger partial charge in [-0.15, -0.1) is 0 Å². The minimum Gasteiger partial charge on any atom is -1.00 e. The molecular weight excluding hydrogens is 752 g/mol. The number of rotatable bonds is 11. The molecule has 5 fully saturated rings. The van der Waals surface area contributed by atoms with Crippen LogP contribution in [0, 0.1) is 28.6 Å². The number of quaternary nitrogens is 2. The van der Waals surface area contributed by atoms with Crippen molar-refractivity contribution >= 4 is 6.08 Å². The molecular formula is C43H64Br2N2O3. The van der Waals surface area contributed by atoms with Crippen molar-refractivity contribution in [1.29, 1.82) is 0 Å². The van der Waals surface area contributed by atoms with Gasteiger partial charge in [0.15, 0.2) is 11.5 Å². The third-order valence-corrected chi connectivity index (χ3v) is 15.1. The highest BCUT2D eigenvalue weighted by molar-refractivity contribution is 5.60. The van der Waals surface area contributed by atoms with Crippen molar-refractivity contribution in [3.05, 3.63) is 66.3 Å². The smallest absolute Gasteiger partial charge is 0.161 e. The minimum atomic E-state index is -0.386. The molecule has 0 radical (unpaired) electrons. The molecule has 278 valence electrons. The molecule has 7 atom stereocenters. The highest BCUT2D eigenvalue weighted by Gasteiger charge is 2.60. The number of hydrogen-bond donors (Lipinski definition) is 1. The second kappa shape index (κ2) is 15.9. The Morgan fingerprint density at radius 3 is 2.32 bits per heavy atom. The number of fused-ring (bicyclic) bond motifs is 5. The average molecular weight is 817 g/mol. The molecule has 6 aliphatic rings. The Bertz CT molecular complexity index is 1430.